The van der Waals surface area contributed by atoms with Gasteiger partial charge in [-0.2, -0.15) is 0 Å². The second kappa shape index (κ2) is 6.86. The molecule has 1 fully saturated rings. The SMILES string of the molecule is OC(CSc1cccc(Br)c1)c1cccc(OC2CC2)c1. The van der Waals surface area contributed by atoms with Crippen molar-refractivity contribution in [1.29, 1.82) is 0 Å². The molecule has 0 amide bonds. The van der Waals surface area contributed by atoms with Gasteiger partial charge in [0.05, 0.1) is 12.2 Å². The van der Waals surface area contributed by atoms with E-state index in [4.69, 9.17) is 4.74 Å². The van der Waals surface area contributed by atoms with Crippen molar-refractivity contribution in [2.24, 2.45) is 0 Å². The Kier molecular flexibility index (Phi) is 4.88. The van der Waals surface area contributed by atoms with Gasteiger partial charge in [0.1, 0.15) is 5.75 Å². The Labute approximate surface area is 137 Å². The molecule has 2 nitrogen and oxygen atoms in total. The van der Waals surface area contributed by atoms with E-state index in [0.29, 0.717) is 11.9 Å². The van der Waals surface area contributed by atoms with E-state index in [0.717, 1.165) is 33.5 Å². The second-order valence-electron chi connectivity index (χ2n) is 5.17. The number of hydrogen-bond donors (Lipinski definition) is 1. The maximum atomic E-state index is 10.3. The average Bonchev–Trinajstić information content (AvgIpc) is 3.29. The number of hydrogen-bond acceptors (Lipinski definition) is 3. The first-order valence-electron chi connectivity index (χ1n) is 7.04. The monoisotopic (exact) mass is 364 g/mol. The zero-order valence-electron chi connectivity index (χ0n) is 11.5. The highest BCUT2D eigenvalue weighted by molar-refractivity contribution is 9.10. The highest BCUT2D eigenvalue weighted by atomic mass is 79.9. The van der Waals surface area contributed by atoms with Crippen LogP contribution in [-0.2, 0) is 0 Å². The number of ether oxygens (including phenoxy) is 1. The summed E-state index contributed by atoms with van der Waals surface area (Å²) < 4.78 is 6.83. The third-order valence-corrected chi connectivity index (χ3v) is 4.84. The molecule has 110 valence electrons. The van der Waals surface area contributed by atoms with Gasteiger partial charge in [0.15, 0.2) is 0 Å². The Bertz CT molecular complexity index is 613. The van der Waals surface area contributed by atoms with Crippen molar-refractivity contribution in [2.45, 2.75) is 29.9 Å². The van der Waals surface area contributed by atoms with Gasteiger partial charge in [-0.15, -0.1) is 11.8 Å². The van der Waals surface area contributed by atoms with E-state index < -0.39 is 6.10 Å². The number of aliphatic hydroxyl groups excluding tert-OH is 1. The summed E-state index contributed by atoms with van der Waals surface area (Å²) in [4.78, 5) is 1.15. The summed E-state index contributed by atoms with van der Waals surface area (Å²) in [6, 6.07) is 15.9. The number of thioether (sulfide) groups is 1. The zero-order valence-corrected chi connectivity index (χ0v) is 13.9. The number of aliphatic hydroxyl groups is 1. The van der Waals surface area contributed by atoms with Crippen molar-refractivity contribution >= 4 is 27.7 Å². The van der Waals surface area contributed by atoms with Crippen LogP contribution in [0.2, 0.25) is 0 Å². The third kappa shape index (κ3) is 4.50. The minimum absolute atomic E-state index is 0.383. The fraction of sp³-hybridized carbons (Fsp3) is 0.294. The van der Waals surface area contributed by atoms with Crippen LogP contribution >= 0.6 is 27.7 Å². The van der Waals surface area contributed by atoms with E-state index in [-0.39, 0.29) is 0 Å². The Morgan fingerprint density at radius 1 is 1.19 bits per heavy atom. The lowest BCUT2D eigenvalue weighted by Gasteiger charge is -2.12. The third-order valence-electron chi connectivity index (χ3n) is 3.27. The van der Waals surface area contributed by atoms with Crippen LogP contribution in [0.3, 0.4) is 0 Å². The van der Waals surface area contributed by atoms with Crippen LogP contribution in [0.25, 0.3) is 0 Å². The largest absolute Gasteiger partial charge is 0.490 e. The van der Waals surface area contributed by atoms with Crippen LogP contribution in [0.5, 0.6) is 5.75 Å². The fourth-order valence-corrected chi connectivity index (χ4v) is 3.48. The molecule has 0 aromatic heterocycles. The molecule has 0 spiro atoms. The lowest BCUT2D eigenvalue weighted by molar-refractivity contribution is 0.203. The van der Waals surface area contributed by atoms with Crippen LogP contribution in [0, 0.1) is 0 Å². The van der Waals surface area contributed by atoms with E-state index in [2.05, 4.69) is 28.1 Å². The molecule has 2 aromatic carbocycles. The smallest absolute Gasteiger partial charge is 0.120 e. The molecule has 1 saturated carbocycles. The van der Waals surface area contributed by atoms with Crippen LogP contribution in [0.15, 0.2) is 57.9 Å². The molecular formula is C17H17BrO2S. The van der Waals surface area contributed by atoms with Crippen molar-refractivity contribution in [3.8, 4) is 5.75 Å². The first-order valence-corrected chi connectivity index (χ1v) is 8.81. The van der Waals surface area contributed by atoms with Crippen LogP contribution in [0.1, 0.15) is 24.5 Å². The molecule has 0 saturated heterocycles. The first kappa shape index (κ1) is 14.9. The van der Waals surface area contributed by atoms with E-state index in [9.17, 15) is 5.11 Å². The molecule has 0 aliphatic heterocycles. The van der Waals surface area contributed by atoms with Crippen LogP contribution < -0.4 is 4.74 Å². The number of benzene rings is 2. The molecule has 4 heteroatoms. The summed E-state index contributed by atoms with van der Waals surface area (Å²) in [5.74, 6) is 1.49. The van der Waals surface area contributed by atoms with Gasteiger partial charge < -0.3 is 9.84 Å². The summed E-state index contributed by atoms with van der Waals surface area (Å²) in [5, 5.41) is 10.3. The predicted octanol–water partition coefficient (Wildman–Crippen LogP) is 4.82. The van der Waals surface area contributed by atoms with Crippen molar-refractivity contribution in [1.82, 2.24) is 0 Å². The van der Waals surface area contributed by atoms with E-state index in [1.807, 2.05) is 36.4 Å². The van der Waals surface area contributed by atoms with Gasteiger partial charge in [-0.25, -0.2) is 0 Å². The Morgan fingerprint density at radius 3 is 2.76 bits per heavy atom. The molecule has 0 bridgehead atoms. The lowest BCUT2D eigenvalue weighted by Crippen LogP contribution is -2.02. The zero-order chi connectivity index (χ0) is 14.7. The molecule has 2 aromatic rings. The Hall–Kier alpha value is -0.970. The van der Waals surface area contributed by atoms with Crippen molar-refractivity contribution < 1.29 is 9.84 Å². The van der Waals surface area contributed by atoms with Crippen LogP contribution in [0.4, 0.5) is 0 Å². The van der Waals surface area contributed by atoms with E-state index in [1.165, 1.54) is 0 Å². The topological polar surface area (TPSA) is 29.5 Å². The summed E-state index contributed by atoms with van der Waals surface area (Å²) >= 11 is 5.11. The minimum Gasteiger partial charge on any atom is -0.490 e. The second-order valence-corrected chi connectivity index (χ2v) is 7.18. The van der Waals surface area contributed by atoms with Gasteiger partial charge in [0.25, 0.3) is 0 Å². The number of halogens is 1. The van der Waals surface area contributed by atoms with Gasteiger partial charge in [-0.3, -0.25) is 0 Å². The van der Waals surface area contributed by atoms with Gasteiger partial charge in [0, 0.05) is 15.1 Å². The quantitative estimate of drug-likeness (QED) is 0.745. The maximum absolute atomic E-state index is 10.3. The molecule has 1 unspecified atom stereocenters. The number of rotatable bonds is 6. The summed E-state index contributed by atoms with van der Waals surface area (Å²) in [7, 11) is 0. The fourth-order valence-electron chi connectivity index (χ4n) is 2.00. The van der Waals surface area contributed by atoms with Gasteiger partial charge in [-0.1, -0.05) is 34.1 Å². The molecular weight excluding hydrogens is 348 g/mol. The summed E-state index contributed by atoms with van der Waals surface area (Å²) in [6.45, 7) is 0. The van der Waals surface area contributed by atoms with Gasteiger partial charge in [-0.05, 0) is 48.7 Å². The van der Waals surface area contributed by atoms with Crippen molar-refractivity contribution in [3.05, 3.63) is 58.6 Å². The molecule has 0 heterocycles. The first-order chi connectivity index (χ1) is 10.2. The Balaban J connectivity index is 1.60. The van der Waals surface area contributed by atoms with Gasteiger partial charge >= 0.3 is 0 Å². The lowest BCUT2D eigenvalue weighted by atomic mass is 10.1. The molecule has 0 radical (unpaired) electrons. The normalized spacial score (nSPS) is 15.7. The van der Waals surface area contributed by atoms with E-state index in [1.54, 1.807) is 11.8 Å². The summed E-state index contributed by atoms with van der Waals surface area (Å²) in [6.07, 6.45) is 2.18. The van der Waals surface area contributed by atoms with Crippen molar-refractivity contribution in [2.75, 3.05) is 5.75 Å². The standard InChI is InChI=1S/C17H17BrO2S/c18-13-4-2-6-16(10-13)21-11-17(19)12-3-1-5-15(9-12)20-14-7-8-14/h1-6,9-10,14,17,19H,7-8,11H2. The highest BCUT2D eigenvalue weighted by Crippen LogP contribution is 2.30. The van der Waals surface area contributed by atoms with Crippen LogP contribution in [-0.4, -0.2) is 17.0 Å². The Morgan fingerprint density at radius 2 is 2.00 bits per heavy atom. The molecule has 1 aliphatic rings. The molecule has 21 heavy (non-hydrogen) atoms. The average molecular weight is 365 g/mol. The maximum Gasteiger partial charge on any atom is 0.120 e. The molecule has 1 N–H and O–H groups in total. The van der Waals surface area contributed by atoms with E-state index >= 15 is 0 Å². The van der Waals surface area contributed by atoms with Gasteiger partial charge in [0.2, 0.25) is 0 Å². The molecule has 3 rings (SSSR count). The van der Waals surface area contributed by atoms with Crippen molar-refractivity contribution in [3.63, 3.8) is 0 Å². The minimum atomic E-state index is -0.489. The summed E-state index contributed by atoms with van der Waals surface area (Å²) in [5.41, 5.74) is 0.913. The predicted molar refractivity (Wildman–Crippen MR) is 89.9 cm³/mol. The molecule has 1 atom stereocenters. The highest BCUT2D eigenvalue weighted by Gasteiger charge is 2.23. The molecule has 1 aliphatic carbocycles.